The van der Waals surface area contributed by atoms with Crippen LogP contribution in [-0.4, -0.2) is 35.4 Å². The average Bonchev–Trinajstić information content (AvgIpc) is 2.95. The predicted octanol–water partition coefficient (Wildman–Crippen LogP) is 2.94. The summed E-state index contributed by atoms with van der Waals surface area (Å²) in [5.41, 5.74) is 0.606. The number of carbonyl (C=O) groups is 2. The number of carbonyl (C=O) groups excluding carboxylic acids is 2. The number of rotatable bonds is 5. The summed E-state index contributed by atoms with van der Waals surface area (Å²) in [7, 11) is 1.55. The molecule has 3 rings (SSSR count). The minimum atomic E-state index is -0.433. The minimum absolute atomic E-state index is 0.109. The number of para-hydroxylation sites is 2. The van der Waals surface area contributed by atoms with Gasteiger partial charge in [-0.15, -0.1) is 0 Å². The Hall–Kier alpha value is -2.02. The zero-order valence-electron chi connectivity index (χ0n) is 14.3. The number of ether oxygens (including phenoxy) is 1. The fourth-order valence-electron chi connectivity index (χ4n) is 3.09. The molecule has 0 aromatic heterocycles. The van der Waals surface area contributed by atoms with Crippen molar-refractivity contribution in [1.29, 1.82) is 0 Å². The third kappa shape index (κ3) is 4.75. The van der Waals surface area contributed by atoms with Crippen LogP contribution < -0.4 is 15.4 Å². The van der Waals surface area contributed by atoms with E-state index in [0.717, 1.165) is 12.8 Å². The smallest absolute Gasteiger partial charge is 0.240 e. The molecular weight excluding hydrogens is 338 g/mol. The van der Waals surface area contributed by atoms with E-state index >= 15 is 0 Å². The van der Waals surface area contributed by atoms with Gasteiger partial charge in [0.25, 0.3) is 0 Å². The van der Waals surface area contributed by atoms with Crippen LogP contribution in [0.4, 0.5) is 5.69 Å². The fourth-order valence-corrected chi connectivity index (χ4v) is 4.13. The van der Waals surface area contributed by atoms with Crippen molar-refractivity contribution in [2.45, 2.75) is 49.8 Å². The molecule has 0 radical (unpaired) electrons. The summed E-state index contributed by atoms with van der Waals surface area (Å²) >= 11 is 1.36. The van der Waals surface area contributed by atoms with Gasteiger partial charge in [0.2, 0.25) is 11.8 Å². The third-order valence-electron chi connectivity index (χ3n) is 4.40. The Morgan fingerprint density at radius 2 is 2.08 bits per heavy atom. The second-order valence-electron chi connectivity index (χ2n) is 6.27. The first-order valence-electron chi connectivity index (χ1n) is 8.64. The zero-order valence-corrected chi connectivity index (χ0v) is 15.1. The summed E-state index contributed by atoms with van der Waals surface area (Å²) in [4.78, 5) is 29.0. The van der Waals surface area contributed by atoms with Gasteiger partial charge in [-0.1, -0.05) is 43.2 Å². The number of thioether (sulfide) groups is 1. The van der Waals surface area contributed by atoms with Gasteiger partial charge in [0.1, 0.15) is 11.0 Å². The van der Waals surface area contributed by atoms with Gasteiger partial charge in [0.05, 0.1) is 18.8 Å². The number of amides is 2. The highest BCUT2D eigenvalue weighted by Gasteiger charge is 2.32. The summed E-state index contributed by atoms with van der Waals surface area (Å²) in [6.45, 7) is 0. The molecular formula is C18H23N3O3S. The number of amidine groups is 1. The molecule has 1 saturated carbocycles. The summed E-state index contributed by atoms with van der Waals surface area (Å²) in [6.07, 6.45) is 5.94. The summed E-state index contributed by atoms with van der Waals surface area (Å²) in [6, 6.07) is 7.51. The van der Waals surface area contributed by atoms with Crippen molar-refractivity contribution in [3.8, 4) is 5.75 Å². The fraction of sp³-hybridized carbons (Fsp3) is 0.500. The van der Waals surface area contributed by atoms with Crippen LogP contribution >= 0.6 is 11.8 Å². The summed E-state index contributed by atoms with van der Waals surface area (Å²) in [5, 5.41) is 5.85. The van der Waals surface area contributed by atoms with Gasteiger partial charge in [0, 0.05) is 6.42 Å². The van der Waals surface area contributed by atoms with Gasteiger partial charge >= 0.3 is 0 Å². The van der Waals surface area contributed by atoms with Crippen molar-refractivity contribution < 1.29 is 14.3 Å². The van der Waals surface area contributed by atoms with E-state index in [0.29, 0.717) is 22.6 Å². The minimum Gasteiger partial charge on any atom is -0.495 e. The number of methoxy groups -OCH3 is 1. The number of benzene rings is 1. The second kappa shape index (κ2) is 8.38. The highest BCUT2D eigenvalue weighted by Crippen LogP contribution is 2.28. The van der Waals surface area contributed by atoms with Crippen molar-refractivity contribution in [1.82, 2.24) is 5.32 Å². The lowest BCUT2D eigenvalue weighted by Gasteiger charge is -2.17. The molecule has 1 aromatic rings. The van der Waals surface area contributed by atoms with E-state index < -0.39 is 5.25 Å². The topological polar surface area (TPSA) is 79.8 Å². The van der Waals surface area contributed by atoms with Gasteiger partial charge in [-0.3, -0.25) is 14.6 Å². The third-order valence-corrected chi connectivity index (χ3v) is 5.50. The second-order valence-corrected chi connectivity index (χ2v) is 7.47. The molecule has 1 aliphatic heterocycles. The first kappa shape index (κ1) is 17.8. The van der Waals surface area contributed by atoms with E-state index in [4.69, 9.17) is 4.74 Å². The molecule has 1 heterocycles. The van der Waals surface area contributed by atoms with Crippen molar-refractivity contribution in [2.24, 2.45) is 4.99 Å². The van der Waals surface area contributed by atoms with Gasteiger partial charge in [-0.05, 0) is 25.0 Å². The van der Waals surface area contributed by atoms with E-state index in [9.17, 15) is 9.59 Å². The molecule has 0 spiro atoms. The Balaban J connectivity index is 1.56. The SMILES string of the molecule is COc1ccccc1NC(=O)CC1SC(=NC2CCCCC2)NC1=O. The lowest BCUT2D eigenvalue weighted by Crippen LogP contribution is -2.28. The normalized spacial score (nSPS) is 22.7. The summed E-state index contributed by atoms with van der Waals surface area (Å²) in [5.74, 6) is 0.240. The zero-order chi connectivity index (χ0) is 17.6. The van der Waals surface area contributed by atoms with Gasteiger partial charge in [0.15, 0.2) is 5.17 Å². The first-order valence-corrected chi connectivity index (χ1v) is 9.52. The van der Waals surface area contributed by atoms with Gasteiger partial charge < -0.3 is 15.4 Å². The van der Waals surface area contributed by atoms with Crippen molar-refractivity contribution in [3.05, 3.63) is 24.3 Å². The Morgan fingerprint density at radius 3 is 2.84 bits per heavy atom. The highest BCUT2D eigenvalue weighted by molar-refractivity contribution is 8.15. The van der Waals surface area contributed by atoms with Crippen LogP contribution in [0.1, 0.15) is 38.5 Å². The molecule has 0 bridgehead atoms. The number of aliphatic imine (C=N–C) groups is 1. The molecule has 1 atom stereocenters. The van der Waals surface area contributed by atoms with Crippen LogP contribution in [0.25, 0.3) is 0 Å². The Kier molecular flexibility index (Phi) is 5.96. The molecule has 2 N–H and O–H groups in total. The van der Waals surface area contributed by atoms with E-state index in [1.807, 2.05) is 12.1 Å². The standard InChI is InChI=1S/C18H23N3O3S/c1-24-14-10-6-5-9-13(14)20-16(22)11-15-17(23)21-18(25-15)19-12-7-3-2-4-8-12/h5-6,9-10,12,15H,2-4,7-8,11H2,1H3,(H,20,22)(H,19,21,23). The lowest BCUT2D eigenvalue weighted by molar-refractivity contribution is -0.122. The molecule has 1 aromatic carbocycles. The number of nitrogens with zero attached hydrogens (tertiary/aromatic N) is 1. The number of hydrogen-bond acceptors (Lipinski definition) is 5. The maximum atomic E-state index is 12.3. The van der Waals surface area contributed by atoms with Crippen molar-refractivity contribution in [3.63, 3.8) is 0 Å². The Morgan fingerprint density at radius 1 is 1.32 bits per heavy atom. The molecule has 2 aliphatic rings. The Bertz CT molecular complexity index is 671. The van der Waals surface area contributed by atoms with Crippen molar-refractivity contribution >= 4 is 34.4 Å². The average molecular weight is 361 g/mol. The molecule has 1 aliphatic carbocycles. The molecule has 6 nitrogen and oxygen atoms in total. The maximum Gasteiger partial charge on any atom is 0.240 e. The van der Waals surface area contributed by atoms with Crippen molar-refractivity contribution in [2.75, 3.05) is 12.4 Å². The number of anilines is 1. The van der Waals surface area contributed by atoms with Crippen LogP contribution in [0, 0.1) is 0 Å². The largest absolute Gasteiger partial charge is 0.495 e. The van der Waals surface area contributed by atoms with Crippen LogP contribution in [-0.2, 0) is 9.59 Å². The van der Waals surface area contributed by atoms with E-state index in [-0.39, 0.29) is 18.2 Å². The van der Waals surface area contributed by atoms with E-state index in [2.05, 4.69) is 15.6 Å². The monoisotopic (exact) mass is 361 g/mol. The maximum absolute atomic E-state index is 12.3. The van der Waals surface area contributed by atoms with E-state index in [1.54, 1.807) is 19.2 Å². The molecule has 1 saturated heterocycles. The molecule has 1 unspecified atom stereocenters. The first-order chi connectivity index (χ1) is 12.2. The van der Waals surface area contributed by atoms with Crippen LogP contribution in [0.15, 0.2) is 29.3 Å². The molecule has 25 heavy (non-hydrogen) atoms. The van der Waals surface area contributed by atoms with Gasteiger partial charge in [-0.2, -0.15) is 0 Å². The molecule has 134 valence electrons. The molecule has 7 heteroatoms. The number of hydrogen-bond donors (Lipinski definition) is 2. The van der Waals surface area contributed by atoms with Crippen LogP contribution in [0.5, 0.6) is 5.75 Å². The van der Waals surface area contributed by atoms with Crippen LogP contribution in [0.3, 0.4) is 0 Å². The summed E-state index contributed by atoms with van der Waals surface area (Å²) < 4.78 is 5.22. The number of nitrogens with one attached hydrogen (secondary N) is 2. The molecule has 2 fully saturated rings. The van der Waals surface area contributed by atoms with E-state index in [1.165, 1.54) is 31.0 Å². The van der Waals surface area contributed by atoms with Crippen LogP contribution in [0.2, 0.25) is 0 Å². The predicted molar refractivity (Wildman–Crippen MR) is 100 cm³/mol. The lowest BCUT2D eigenvalue weighted by atomic mass is 9.96. The Labute approximate surface area is 151 Å². The van der Waals surface area contributed by atoms with Gasteiger partial charge in [-0.25, -0.2) is 0 Å². The molecule has 2 amide bonds. The quantitative estimate of drug-likeness (QED) is 0.845. The highest BCUT2D eigenvalue weighted by atomic mass is 32.2.